The Kier molecular flexibility index (Phi) is 7.05. The number of pyridine rings is 1. The summed E-state index contributed by atoms with van der Waals surface area (Å²) in [6.45, 7) is 7.29. The van der Waals surface area contributed by atoms with Crippen LogP contribution in [0.1, 0.15) is 38.8 Å². The first-order valence-electron chi connectivity index (χ1n) is 9.78. The number of halogens is 1. The highest BCUT2D eigenvalue weighted by Crippen LogP contribution is 2.32. The fraction of sp³-hybridized carbons (Fsp3) is 0.524. The zero-order chi connectivity index (χ0) is 19.9. The number of aromatic nitrogens is 3. The Labute approximate surface area is 171 Å². The van der Waals surface area contributed by atoms with E-state index in [1.54, 1.807) is 30.7 Å². The Morgan fingerprint density at radius 2 is 1.89 bits per heavy atom. The fourth-order valence-electron chi connectivity index (χ4n) is 3.72. The van der Waals surface area contributed by atoms with Gasteiger partial charge in [-0.1, -0.05) is 25.4 Å². The highest BCUT2D eigenvalue weighted by Gasteiger charge is 2.28. The summed E-state index contributed by atoms with van der Waals surface area (Å²) in [7, 11) is 0. The van der Waals surface area contributed by atoms with Crippen molar-refractivity contribution in [3.8, 4) is 11.8 Å². The van der Waals surface area contributed by atoms with Gasteiger partial charge in [0.15, 0.2) is 0 Å². The smallest absolute Gasteiger partial charge is 0.225 e. The van der Waals surface area contributed by atoms with E-state index < -0.39 is 0 Å². The van der Waals surface area contributed by atoms with Crippen molar-refractivity contribution in [2.24, 2.45) is 17.8 Å². The predicted molar refractivity (Wildman–Crippen MR) is 109 cm³/mol. The van der Waals surface area contributed by atoms with Crippen molar-refractivity contribution in [2.45, 2.75) is 33.1 Å². The van der Waals surface area contributed by atoms with Gasteiger partial charge >= 0.3 is 0 Å². The van der Waals surface area contributed by atoms with Crippen molar-refractivity contribution in [3.63, 3.8) is 0 Å². The molecule has 2 aromatic rings. The minimum atomic E-state index is 0.407. The SMILES string of the molecule is CC(CCOc1ccc(C#N)nc1)C(C)C1CCN(c2ncc(Cl)cn2)CC1. The van der Waals surface area contributed by atoms with E-state index in [1.165, 1.54) is 0 Å². The summed E-state index contributed by atoms with van der Waals surface area (Å²) >= 11 is 5.87. The van der Waals surface area contributed by atoms with Crippen molar-refractivity contribution in [1.82, 2.24) is 15.0 Å². The molecule has 3 rings (SSSR count). The molecule has 28 heavy (non-hydrogen) atoms. The van der Waals surface area contributed by atoms with Crippen LogP contribution in [0, 0.1) is 29.1 Å². The molecule has 2 atom stereocenters. The zero-order valence-corrected chi connectivity index (χ0v) is 17.1. The summed E-state index contributed by atoms with van der Waals surface area (Å²) < 4.78 is 5.79. The number of ether oxygens (including phenoxy) is 1. The van der Waals surface area contributed by atoms with Crippen LogP contribution in [0.5, 0.6) is 5.75 Å². The molecule has 2 aromatic heterocycles. The zero-order valence-electron chi connectivity index (χ0n) is 16.4. The summed E-state index contributed by atoms with van der Waals surface area (Å²) in [5, 5.41) is 9.36. The van der Waals surface area contributed by atoms with E-state index in [9.17, 15) is 0 Å². The molecule has 7 heteroatoms. The van der Waals surface area contributed by atoms with E-state index in [0.717, 1.165) is 44.0 Å². The standard InChI is InChI=1S/C21H26ClN5O/c1-15(7-10-28-20-4-3-19(11-23)24-14-20)16(2)17-5-8-27(9-6-17)21-25-12-18(22)13-26-21/h3-4,12-17H,5-10H2,1-2H3. The van der Waals surface area contributed by atoms with Gasteiger partial charge in [-0.3, -0.25) is 0 Å². The molecular formula is C21H26ClN5O. The Balaban J connectivity index is 1.41. The van der Waals surface area contributed by atoms with Gasteiger partial charge in [0.2, 0.25) is 5.95 Å². The molecule has 0 radical (unpaired) electrons. The van der Waals surface area contributed by atoms with E-state index in [-0.39, 0.29) is 0 Å². The molecular weight excluding hydrogens is 374 g/mol. The van der Waals surface area contributed by atoms with Gasteiger partial charge in [0.1, 0.15) is 17.5 Å². The van der Waals surface area contributed by atoms with Gasteiger partial charge in [-0.05, 0) is 49.1 Å². The molecule has 0 amide bonds. The van der Waals surface area contributed by atoms with Gasteiger partial charge in [0.25, 0.3) is 0 Å². The molecule has 1 saturated heterocycles. The number of hydrogen-bond donors (Lipinski definition) is 0. The number of rotatable bonds is 7. The van der Waals surface area contributed by atoms with E-state index in [2.05, 4.69) is 33.7 Å². The number of anilines is 1. The van der Waals surface area contributed by atoms with E-state index in [1.807, 2.05) is 6.07 Å². The van der Waals surface area contributed by atoms with Crippen LogP contribution < -0.4 is 9.64 Å². The third kappa shape index (κ3) is 5.32. The summed E-state index contributed by atoms with van der Waals surface area (Å²) in [4.78, 5) is 14.9. The highest BCUT2D eigenvalue weighted by molar-refractivity contribution is 6.30. The Morgan fingerprint density at radius 3 is 2.50 bits per heavy atom. The van der Waals surface area contributed by atoms with Crippen LogP contribution in [0.3, 0.4) is 0 Å². The second-order valence-electron chi connectivity index (χ2n) is 7.49. The average molecular weight is 400 g/mol. The molecule has 6 nitrogen and oxygen atoms in total. The lowest BCUT2D eigenvalue weighted by molar-refractivity contribution is 0.186. The lowest BCUT2D eigenvalue weighted by atomic mass is 9.77. The van der Waals surface area contributed by atoms with Crippen LogP contribution in [-0.4, -0.2) is 34.6 Å². The number of nitriles is 1. The number of nitrogens with zero attached hydrogens (tertiary/aromatic N) is 5. The van der Waals surface area contributed by atoms with Crippen LogP contribution in [0.4, 0.5) is 5.95 Å². The van der Waals surface area contributed by atoms with Crippen molar-refractivity contribution >= 4 is 17.5 Å². The number of piperidine rings is 1. The van der Waals surface area contributed by atoms with Gasteiger partial charge < -0.3 is 9.64 Å². The normalized spacial score (nSPS) is 17.0. The molecule has 0 spiro atoms. The van der Waals surface area contributed by atoms with Crippen LogP contribution in [0.25, 0.3) is 0 Å². The lowest BCUT2D eigenvalue weighted by Crippen LogP contribution is -2.37. The molecule has 1 aliphatic heterocycles. The van der Waals surface area contributed by atoms with E-state index in [0.29, 0.717) is 35.1 Å². The van der Waals surface area contributed by atoms with Crippen molar-refractivity contribution in [1.29, 1.82) is 5.26 Å². The molecule has 2 unspecified atom stereocenters. The van der Waals surface area contributed by atoms with Crippen LogP contribution >= 0.6 is 11.6 Å². The lowest BCUT2D eigenvalue weighted by Gasteiger charge is -2.37. The first-order chi connectivity index (χ1) is 13.6. The molecule has 0 bridgehead atoms. The molecule has 1 aliphatic rings. The molecule has 0 saturated carbocycles. The monoisotopic (exact) mass is 399 g/mol. The van der Waals surface area contributed by atoms with Crippen molar-refractivity contribution < 1.29 is 4.74 Å². The fourth-order valence-corrected chi connectivity index (χ4v) is 3.81. The third-order valence-corrected chi connectivity index (χ3v) is 5.96. The van der Waals surface area contributed by atoms with Crippen LogP contribution in [0.2, 0.25) is 5.02 Å². The summed E-state index contributed by atoms with van der Waals surface area (Å²) in [6, 6.07) is 5.49. The molecule has 0 N–H and O–H groups in total. The van der Waals surface area contributed by atoms with E-state index in [4.69, 9.17) is 21.6 Å². The summed E-state index contributed by atoms with van der Waals surface area (Å²) in [6.07, 6.45) is 8.23. The third-order valence-electron chi connectivity index (χ3n) is 5.76. The molecule has 1 fully saturated rings. The van der Waals surface area contributed by atoms with Gasteiger partial charge in [-0.25, -0.2) is 15.0 Å². The maximum absolute atomic E-state index is 8.79. The second kappa shape index (κ2) is 9.70. The Bertz CT molecular complexity index is 782. The summed E-state index contributed by atoms with van der Waals surface area (Å²) in [5.74, 6) is 3.41. The first-order valence-corrected chi connectivity index (χ1v) is 10.2. The summed E-state index contributed by atoms with van der Waals surface area (Å²) in [5.41, 5.74) is 0.407. The average Bonchev–Trinajstić information content (AvgIpc) is 2.74. The van der Waals surface area contributed by atoms with Gasteiger partial charge in [0, 0.05) is 13.1 Å². The Morgan fingerprint density at radius 1 is 1.18 bits per heavy atom. The molecule has 0 aromatic carbocycles. The molecule has 0 aliphatic carbocycles. The maximum Gasteiger partial charge on any atom is 0.225 e. The topological polar surface area (TPSA) is 74.9 Å². The Hall–Kier alpha value is -2.39. The van der Waals surface area contributed by atoms with Crippen molar-refractivity contribution in [2.75, 3.05) is 24.6 Å². The minimum absolute atomic E-state index is 0.407. The maximum atomic E-state index is 8.79. The first kappa shape index (κ1) is 20.3. The highest BCUT2D eigenvalue weighted by atomic mass is 35.5. The minimum Gasteiger partial charge on any atom is -0.492 e. The number of hydrogen-bond acceptors (Lipinski definition) is 6. The predicted octanol–water partition coefficient (Wildman–Crippen LogP) is 4.35. The van der Waals surface area contributed by atoms with Crippen molar-refractivity contribution in [3.05, 3.63) is 41.4 Å². The quantitative estimate of drug-likeness (QED) is 0.688. The van der Waals surface area contributed by atoms with Crippen LogP contribution in [0.15, 0.2) is 30.7 Å². The molecule has 3 heterocycles. The van der Waals surface area contributed by atoms with Crippen LogP contribution in [-0.2, 0) is 0 Å². The van der Waals surface area contributed by atoms with E-state index >= 15 is 0 Å². The molecule has 148 valence electrons. The van der Waals surface area contributed by atoms with Gasteiger partial charge in [-0.2, -0.15) is 5.26 Å². The largest absolute Gasteiger partial charge is 0.492 e. The van der Waals surface area contributed by atoms with Gasteiger partial charge in [0.05, 0.1) is 30.2 Å². The van der Waals surface area contributed by atoms with Gasteiger partial charge in [-0.15, -0.1) is 0 Å². The second-order valence-corrected chi connectivity index (χ2v) is 7.93.